The number of carbonyl (C=O) groups excluding carboxylic acids is 2. The Balaban J connectivity index is -0.0000000300. The molecule has 10 heavy (non-hydrogen) atoms. The fraction of sp³-hybridized carbons (Fsp3) is 0. The van der Waals surface area contributed by atoms with Crippen LogP contribution in [0.1, 0.15) is 0 Å². The zero-order valence-corrected chi connectivity index (χ0v) is 11.2. The molecule has 7 nitrogen and oxygen atoms in total. The van der Waals surface area contributed by atoms with Crippen molar-refractivity contribution in [3.8, 4) is 0 Å². The maximum Gasteiger partial charge on any atom is 3.00 e. The van der Waals surface area contributed by atoms with Crippen molar-refractivity contribution < 1.29 is 98.9 Å². The molecule has 0 unspecified atom stereocenters. The predicted octanol–water partition coefficient (Wildman–Crippen LogP) is -8.37. The zero-order chi connectivity index (χ0) is 7.15. The fourth-order valence-corrected chi connectivity index (χ4v) is 0. The van der Waals surface area contributed by atoms with E-state index in [0.29, 0.717) is 0 Å². The molecule has 0 N–H and O–H groups in total. The minimum absolute atomic E-state index is 0. The molecule has 0 aromatic heterocycles. The molecule has 0 fully saturated rings. The maximum absolute atomic E-state index is 8.33. The van der Waals surface area contributed by atoms with Crippen molar-refractivity contribution in [2.24, 2.45) is 0 Å². The molecule has 8 heteroatoms. The molecule has 0 aliphatic heterocycles. The van der Waals surface area contributed by atoms with E-state index in [9.17, 15) is 0 Å². The molecule has 50 valence electrons. The zero-order valence-electron chi connectivity index (χ0n) is 4.90. The molecule has 0 rings (SSSR count). The summed E-state index contributed by atoms with van der Waals surface area (Å²) in [5, 5.41) is 33.3. The first-order valence-electron chi connectivity index (χ1n) is 1.22. The Labute approximate surface area is 115 Å². The van der Waals surface area contributed by atoms with Crippen molar-refractivity contribution in [3.63, 3.8) is 0 Å². The van der Waals surface area contributed by atoms with Crippen molar-refractivity contribution in [1.82, 2.24) is 6.15 Å². The summed E-state index contributed by atoms with van der Waals surface area (Å²) in [6, 6.07) is 0. The van der Waals surface area contributed by atoms with Crippen LogP contribution in [0.5, 0.6) is 0 Å². The van der Waals surface area contributed by atoms with Crippen LogP contribution in [-0.2, 0) is 0 Å². The van der Waals surface area contributed by atoms with Crippen molar-refractivity contribution in [1.29, 1.82) is 0 Å². The van der Waals surface area contributed by atoms with Crippen molar-refractivity contribution in [2.75, 3.05) is 0 Å². The van der Waals surface area contributed by atoms with E-state index in [4.69, 9.17) is 30.0 Å². The number of nitrogens with zero attached hydrogens (tertiary/aromatic N) is 1. The minimum Gasteiger partial charge on any atom is -0.652 e. The van der Waals surface area contributed by atoms with Gasteiger partial charge in [-0.25, -0.2) is 0 Å². The molecule has 0 bridgehead atoms. The second kappa shape index (κ2) is 16.1. The standard InChI is InChI=1S/2CH2O3.Cs.N/c2*2-1(3)4;;/h2*(H2,2,3,4);;/q;;+1;+3/p-4. The smallest absolute Gasteiger partial charge is 0.652 e. The molecule has 0 spiro atoms. The van der Waals surface area contributed by atoms with Gasteiger partial charge in [0.1, 0.15) is 0 Å². The molecule has 0 heterocycles. The molecule has 0 amide bonds. The summed E-state index contributed by atoms with van der Waals surface area (Å²) in [6.07, 6.45) is -4.67. The maximum atomic E-state index is 8.33. The minimum atomic E-state index is -2.33. The summed E-state index contributed by atoms with van der Waals surface area (Å²) in [7, 11) is 0. The first kappa shape index (κ1) is 22.4. The Bertz CT molecular complexity index is 73.7. The SMILES string of the molecule is O=C([O-])[O-].O=C([O-])[O-].[Cs+].[N+3]. The van der Waals surface area contributed by atoms with Crippen LogP contribution in [0.15, 0.2) is 0 Å². The van der Waals surface area contributed by atoms with E-state index < -0.39 is 12.3 Å². The average Bonchev–Trinajstić information content (AvgIpc) is 1.25. The molecule has 0 saturated heterocycles. The average molecular weight is 267 g/mol. The van der Waals surface area contributed by atoms with E-state index in [2.05, 4.69) is 0 Å². The van der Waals surface area contributed by atoms with Gasteiger partial charge >= 0.3 is 75.0 Å². The summed E-state index contributed by atoms with van der Waals surface area (Å²) in [5.74, 6) is 0. The summed E-state index contributed by atoms with van der Waals surface area (Å²) < 4.78 is 0. The van der Waals surface area contributed by atoms with Crippen LogP contribution < -0.4 is 95.5 Å². The third kappa shape index (κ3) is 4860. The van der Waals surface area contributed by atoms with Gasteiger partial charge in [0.15, 0.2) is 0 Å². The Morgan fingerprint density at radius 3 is 0.800 bits per heavy atom. The van der Waals surface area contributed by atoms with E-state index in [1.54, 1.807) is 0 Å². The van der Waals surface area contributed by atoms with E-state index in [0.717, 1.165) is 0 Å². The van der Waals surface area contributed by atoms with Crippen LogP contribution in [0.3, 0.4) is 0 Å². The molecule has 0 aromatic rings. The van der Waals surface area contributed by atoms with Gasteiger partial charge in [0, 0.05) is 0 Å². The van der Waals surface area contributed by atoms with Gasteiger partial charge in [0.05, 0.1) is 0 Å². The number of rotatable bonds is 0. The first-order chi connectivity index (χ1) is 3.46. The molecule has 0 aliphatic carbocycles. The summed E-state index contributed by atoms with van der Waals surface area (Å²) >= 11 is 0. The van der Waals surface area contributed by atoms with Crippen molar-refractivity contribution in [2.45, 2.75) is 0 Å². The number of carboxylic acid groups (broad SMARTS) is 4. The largest absolute Gasteiger partial charge is 3.00 e. The molecular weight excluding hydrogens is 267 g/mol. The summed E-state index contributed by atoms with van der Waals surface area (Å²) in [6.45, 7) is 0. The molecule has 0 atom stereocenters. The van der Waals surface area contributed by atoms with Gasteiger partial charge in [0.2, 0.25) is 0 Å². The second-order valence-corrected chi connectivity index (χ2v) is 0.500. The van der Waals surface area contributed by atoms with E-state index in [-0.39, 0.29) is 75.0 Å². The van der Waals surface area contributed by atoms with Gasteiger partial charge in [-0.1, -0.05) is 0 Å². The van der Waals surface area contributed by atoms with Crippen LogP contribution in [0.4, 0.5) is 9.59 Å². The van der Waals surface area contributed by atoms with Crippen LogP contribution in [0.2, 0.25) is 0 Å². The number of hydrogen-bond donors (Lipinski definition) is 0. The van der Waals surface area contributed by atoms with E-state index >= 15 is 0 Å². The Kier molecular flexibility index (Phi) is 36.2. The Morgan fingerprint density at radius 2 is 0.800 bits per heavy atom. The van der Waals surface area contributed by atoms with Crippen molar-refractivity contribution >= 4 is 12.3 Å². The van der Waals surface area contributed by atoms with Crippen LogP contribution >= 0.6 is 0 Å². The van der Waals surface area contributed by atoms with Crippen LogP contribution in [0.25, 0.3) is 0 Å². The van der Waals surface area contributed by atoms with Gasteiger partial charge < -0.3 is 30.0 Å². The normalized spacial score (nSPS) is 4.80. The first-order valence-corrected chi connectivity index (χ1v) is 1.22. The fourth-order valence-electron chi connectivity index (χ4n) is 0. The third-order valence-electron chi connectivity index (χ3n) is 0. The molecule has 0 saturated carbocycles. The second-order valence-electron chi connectivity index (χ2n) is 0.500. The molecule has 0 aliphatic rings. The Hall–Kier alpha value is 0.302. The molecule has 0 aromatic carbocycles. The molecule has 2 radical (unpaired) electrons. The van der Waals surface area contributed by atoms with E-state index in [1.165, 1.54) is 0 Å². The van der Waals surface area contributed by atoms with Crippen molar-refractivity contribution in [3.05, 3.63) is 0 Å². The summed E-state index contributed by atoms with van der Waals surface area (Å²) in [5.41, 5.74) is 0. The van der Waals surface area contributed by atoms with Gasteiger partial charge in [-0.3, -0.25) is 0 Å². The Morgan fingerprint density at radius 1 is 0.800 bits per heavy atom. The van der Waals surface area contributed by atoms with Crippen LogP contribution in [0, 0.1) is 0 Å². The third-order valence-corrected chi connectivity index (χ3v) is 0. The number of carbonyl (C=O) groups is 2. The number of hydrogen-bond acceptors (Lipinski definition) is 6. The topological polar surface area (TPSA) is 157 Å². The quantitative estimate of drug-likeness (QED) is 0.424. The van der Waals surface area contributed by atoms with Gasteiger partial charge in [-0.05, 0) is 12.3 Å². The predicted molar refractivity (Wildman–Crippen MR) is 12.9 cm³/mol. The van der Waals surface area contributed by atoms with Crippen LogP contribution in [-0.4, -0.2) is 12.3 Å². The summed E-state index contributed by atoms with van der Waals surface area (Å²) in [4.78, 5) is 16.7. The van der Waals surface area contributed by atoms with Gasteiger partial charge in [0.25, 0.3) is 0 Å². The van der Waals surface area contributed by atoms with E-state index in [1.807, 2.05) is 0 Å². The molecular formula is C2CsNO6. The monoisotopic (exact) mass is 267 g/mol. The van der Waals surface area contributed by atoms with Gasteiger partial charge in [-0.2, -0.15) is 0 Å². The van der Waals surface area contributed by atoms with Gasteiger partial charge in [-0.15, -0.1) is 0 Å².